The molecule has 0 atom stereocenters. The van der Waals surface area contributed by atoms with Crippen molar-refractivity contribution in [1.29, 1.82) is 0 Å². The predicted octanol–water partition coefficient (Wildman–Crippen LogP) is 5.11. The minimum absolute atomic E-state index is 0.0944. The Labute approximate surface area is 188 Å². The highest BCUT2D eigenvalue weighted by atomic mass is 35.5. The number of benzene rings is 2. The second-order valence-corrected chi connectivity index (χ2v) is 8.20. The Morgan fingerprint density at radius 2 is 1.63 bits per heavy atom. The molecule has 0 bridgehead atoms. The zero-order valence-corrected chi connectivity index (χ0v) is 18.2. The third-order valence-corrected chi connectivity index (χ3v) is 6.51. The second-order valence-electron chi connectivity index (χ2n) is 6.36. The van der Waals surface area contributed by atoms with Crippen LogP contribution in [0.5, 0.6) is 0 Å². The van der Waals surface area contributed by atoms with Gasteiger partial charge in [0.2, 0.25) is 5.91 Å². The average Bonchev–Trinajstić information content (AvgIpc) is 2.76. The maximum atomic E-state index is 12.3. The Balaban J connectivity index is 1.78. The maximum absolute atomic E-state index is 12.3. The standard InChI is InChI=1S/C22H19Cl2NO4S/c23-21-16(6-9-19(26)25-11-13-29-14-12-25)5-8-18(22(21)24)30-17-4-2-1-3-15(17)7-10-20(27)28/h1-10H,11-14H2,(H,27,28). The number of aliphatic carboxylic acids is 1. The first kappa shape index (κ1) is 22.4. The summed E-state index contributed by atoms with van der Waals surface area (Å²) in [5.41, 5.74) is 1.41. The largest absolute Gasteiger partial charge is 0.478 e. The molecule has 0 aliphatic carbocycles. The number of carboxylic acid groups (broad SMARTS) is 1. The van der Waals surface area contributed by atoms with Crippen LogP contribution in [0.15, 0.2) is 58.3 Å². The van der Waals surface area contributed by atoms with Gasteiger partial charge in [0.1, 0.15) is 0 Å². The normalized spacial score (nSPS) is 14.5. The highest BCUT2D eigenvalue weighted by molar-refractivity contribution is 7.99. The Morgan fingerprint density at radius 3 is 2.37 bits per heavy atom. The molecule has 30 heavy (non-hydrogen) atoms. The summed E-state index contributed by atoms with van der Waals surface area (Å²) < 4.78 is 5.25. The van der Waals surface area contributed by atoms with E-state index in [0.29, 0.717) is 41.9 Å². The van der Waals surface area contributed by atoms with E-state index in [1.165, 1.54) is 23.9 Å². The van der Waals surface area contributed by atoms with E-state index in [9.17, 15) is 9.59 Å². The number of carbonyl (C=O) groups is 2. The number of rotatable bonds is 6. The van der Waals surface area contributed by atoms with Gasteiger partial charge in [-0.15, -0.1) is 0 Å². The summed E-state index contributed by atoms with van der Waals surface area (Å²) in [5.74, 6) is -1.11. The maximum Gasteiger partial charge on any atom is 0.328 e. The van der Waals surface area contributed by atoms with Crippen LogP contribution >= 0.6 is 35.0 Å². The van der Waals surface area contributed by atoms with Crippen LogP contribution in [-0.4, -0.2) is 48.2 Å². The van der Waals surface area contributed by atoms with Crippen LogP contribution in [0.4, 0.5) is 0 Å². The smallest absolute Gasteiger partial charge is 0.328 e. The van der Waals surface area contributed by atoms with Gasteiger partial charge in [-0.1, -0.05) is 59.2 Å². The van der Waals surface area contributed by atoms with Crippen LogP contribution in [0.3, 0.4) is 0 Å². The van der Waals surface area contributed by atoms with Crippen molar-refractivity contribution in [2.45, 2.75) is 9.79 Å². The molecule has 1 aliphatic rings. The molecule has 2 aromatic rings. The highest BCUT2D eigenvalue weighted by Gasteiger charge is 2.15. The van der Waals surface area contributed by atoms with Crippen molar-refractivity contribution in [1.82, 2.24) is 4.90 Å². The number of carbonyl (C=O) groups excluding carboxylic acids is 1. The van der Waals surface area contributed by atoms with Gasteiger partial charge in [-0.05, 0) is 35.4 Å². The Hall–Kier alpha value is -2.25. The lowest BCUT2D eigenvalue weighted by atomic mass is 10.2. The third kappa shape index (κ3) is 5.89. The van der Waals surface area contributed by atoms with Crippen LogP contribution in [0.25, 0.3) is 12.2 Å². The van der Waals surface area contributed by atoms with Crippen molar-refractivity contribution in [3.8, 4) is 0 Å². The Bertz CT molecular complexity index is 1000. The summed E-state index contributed by atoms with van der Waals surface area (Å²) in [5, 5.41) is 9.60. The zero-order valence-electron chi connectivity index (χ0n) is 15.9. The number of amides is 1. The molecule has 1 heterocycles. The lowest BCUT2D eigenvalue weighted by Crippen LogP contribution is -2.39. The molecule has 0 saturated carbocycles. The molecular formula is C22H19Cl2NO4S. The molecule has 1 saturated heterocycles. The van der Waals surface area contributed by atoms with Crippen molar-refractivity contribution in [2.24, 2.45) is 0 Å². The molecule has 0 radical (unpaired) electrons. The van der Waals surface area contributed by atoms with E-state index in [-0.39, 0.29) is 5.91 Å². The molecular weight excluding hydrogens is 445 g/mol. The van der Waals surface area contributed by atoms with Gasteiger partial charge in [0, 0.05) is 35.0 Å². The lowest BCUT2D eigenvalue weighted by molar-refractivity contribution is -0.131. The minimum Gasteiger partial charge on any atom is -0.478 e. The first-order chi connectivity index (χ1) is 14.5. The van der Waals surface area contributed by atoms with Crippen molar-refractivity contribution in [2.75, 3.05) is 26.3 Å². The second kappa shape index (κ2) is 10.7. The van der Waals surface area contributed by atoms with Gasteiger partial charge >= 0.3 is 5.97 Å². The van der Waals surface area contributed by atoms with Crippen LogP contribution in [-0.2, 0) is 14.3 Å². The molecule has 0 aromatic heterocycles. The molecule has 0 spiro atoms. The van der Waals surface area contributed by atoms with Crippen molar-refractivity contribution in [3.05, 3.63) is 69.7 Å². The Morgan fingerprint density at radius 1 is 0.933 bits per heavy atom. The monoisotopic (exact) mass is 463 g/mol. The van der Waals surface area contributed by atoms with Gasteiger partial charge in [0.15, 0.2) is 0 Å². The fourth-order valence-corrected chi connectivity index (χ4v) is 4.33. The van der Waals surface area contributed by atoms with E-state index in [1.54, 1.807) is 17.0 Å². The molecule has 1 N–H and O–H groups in total. The van der Waals surface area contributed by atoms with Gasteiger partial charge in [-0.2, -0.15) is 0 Å². The van der Waals surface area contributed by atoms with Crippen molar-refractivity contribution >= 4 is 59.0 Å². The summed E-state index contributed by atoms with van der Waals surface area (Å²) in [6, 6.07) is 11.0. The van der Waals surface area contributed by atoms with E-state index in [4.69, 9.17) is 33.0 Å². The quantitative estimate of drug-likeness (QED) is 0.602. The lowest BCUT2D eigenvalue weighted by Gasteiger charge is -2.25. The topological polar surface area (TPSA) is 66.8 Å². The van der Waals surface area contributed by atoms with E-state index in [0.717, 1.165) is 21.4 Å². The molecule has 2 aromatic carbocycles. The van der Waals surface area contributed by atoms with Crippen molar-refractivity contribution in [3.63, 3.8) is 0 Å². The number of nitrogens with zero attached hydrogens (tertiary/aromatic N) is 1. The number of hydrogen-bond acceptors (Lipinski definition) is 4. The third-order valence-electron chi connectivity index (χ3n) is 4.35. The van der Waals surface area contributed by atoms with Crippen molar-refractivity contribution < 1.29 is 19.4 Å². The number of morpholine rings is 1. The summed E-state index contributed by atoms with van der Waals surface area (Å²) >= 11 is 14.3. The van der Waals surface area contributed by atoms with E-state index >= 15 is 0 Å². The van der Waals surface area contributed by atoms with Crippen LogP contribution in [0, 0.1) is 0 Å². The van der Waals surface area contributed by atoms with E-state index < -0.39 is 5.97 Å². The van der Waals surface area contributed by atoms with Gasteiger partial charge in [0.05, 0.1) is 23.3 Å². The molecule has 1 aliphatic heterocycles. The zero-order chi connectivity index (χ0) is 21.5. The molecule has 156 valence electrons. The first-order valence-corrected chi connectivity index (χ1v) is 10.7. The number of carboxylic acids is 1. The van der Waals surface area contributed by atoms with E-state index in [2.05, 4.69) is 0 Å². The van der Waals surface area contributed by atoms with Gasteiger partial charge in [0.25, 0.3) is 0 Å². The molecule has 0 unspecified atom stereocenters. The van der Waals surface area contributed by atoms with Crippen LogP contribution in [0.1, 0.15) is 11.1 Å². The molecule has 1 amide bonds. The van der Waals surface area contributed by atoms with Gasteiger partial charge in [-0.25, -0.2) is 4.79 Å². The number of ether oxygens (including phenoxy) is 1. The van der Waals surface area contributed by atoms with Gasteiger partial charge < -0.3 is 14.7 Å². The van der Waals surface area contributed by atoms with Crippen LogP contribution < -0.4 is 0 Å². The molecule has 5 nitrogen and oxygen atoms in total. The van der Waals surface area contributed by atoms with Gasteiger partial charge in [-0.3, -0.25) is 4.79 Å². The summed E-state index contributed by atoms with van der Waals surface area (Å²) in [7, 11) is 0. The SMILES string of the molecule is O=C(O)C=Cc1ccccc1Sc1ccc(C=CC(=O)N2CCOCC2)c(Cl)c1Cl. The predicted molar refractivity (Wildman–Crippen MR) is 120 cm³/mol. The number of halogens is 2. The fourth-order valence-electron chi connectivity index (χ4n) is 2.80. The first-order valence-electron chi connectivity index (χ1n) is 9.16. The molecule has 1 fully saturated rings. The molecule has 8 heteroatoms. The summed E-state index contributed by atoms with van der Waals surface area (Å²) in [6.07, 6.45) is 5.77. The fraction of sp³-hybridized carbons (Fsp3) is 0.182. The minimum atomic E-state index is -1.02. The average molecular weight is 464 g/mol. The number of hydrogen-bond donors (Lipinski definition) is 1. The van der Waals surface area contributed by atoms with Crippen LogP contribution in [0.2, 0.25) is 10.0 Å². The summed E-state index contributed by atoms with van der Waals surface area (Å²) in [4.78, 5) is 26.4. The highest BCUT2D eigenvalue weighted by Crippen LogP contribution is 2.40. The Kier molecular flexibility index (Phi) is 7.99. The van der Waals surface area contributed by atoms with E-state index in [1.807, 2.05) is 30.3 Å². The summed E-state index contributed by atoms with van der Waals surface area (Å²) in [6.45, 7) is 2.23. The molecule has 3 rings (SSSR count).